The Morgan fingerprint density at radius 2 is 1.97 bits per heavy atom. The highest BCUT2D eigenvalue weighted by Gasteiger charge is 2.29. The Labute approximate surface area is 210 Å². The number of aromatic amines is 1. The van der Waals surface area contributed by atoms with Crippen molar-refractivity contribution in [2.24, 2.45) is 20.0 Å². The Morgan fingerprint density at radius 3 is 2.67 bits per heavy atom. The molecule has 36 heavy (non-hydrogen) atoms. The third kappa shape index (κ3) is 3.63. The third-order valence-electron chi connectivity index (χ3n) is 7.16. The summed E-state index contributed by atoms with van der Waals surface area (Å²) in [5, 5.41) is 6.39. The maximum atomic E-state index is 13.5. The second-order valence-corrected chi connectivity index (χ2v) is 11.3. The zero-order valence-electron chi connectivity index (χ0n) is 20.7. The van der Waals surface area contributed by atoms with Crippen LogP contribution in [-0.4, -0.2) is 39.3 Å². The van der Waals surface area contributed by atoms with Gasteiger partial charge in [-0.3, -0.25) is 18.6 Å². The Hall–Kier alpha value is -3.50. The molecule has 1 atom stereocenters. The van der Waals surface area contributed by atoms with Crippen molar-refractivity contribution in [3.63, 3.8) is 0 Å². The third-order valence-corrected chi connectivity index (χ3v) is 8.05. The average Bonchev–Trinajstić information content (AvgIpc) is 3.28. The van der Waals surface area contributed by atoms with E-state index in [4.69, 9.17) is 5.10 Å². The van der Waals surface area contributed by atoms with Gasteiger partial charge < -0.3 is 14.1 Å². The molecule has 1 aliphatic carbocycles. The lowest BCUT2D eigenvalue weighted by Crippen LogP contribution is -2.38. The van der Waals surface area contributed by atoms with Crippen LogP contribution >= 0.6 is 0 Å². The fourth-order valence-corrected chi connectivity index (χ4v) is 5.55. The summed E-state index contributed by atoms with van der Waals surface area (Å²) in [7, 11) is 3.39. The number of hydrogen-bond donors (Lipinski definition) is 1. The molecular formula is C26H28N6O3S. The van der Waals surface area contributed by atoms with E-state index >= 15 is 0 Å². The second kappa shape index (κ2) is 8.28. The standard InChI is InChI=1S/C26H28N6O3S/c1-15-5-8-20-19(9-15)17(11-27-20)13-32-23(21-10-18(36(4)35)14-29(21)2)22-24(28-32)31(12-16-6-7-16)26(34)30(3)25(22)33/h5,8-11,14,16,27H,6-7,12-13H2,1-4H3. The molecule has 4 heterocycles. The molecule has 1 aromatic carbocycles. The van der Waals surface area contributed by atoms with E-state index in [-0.39, 0.29) is 11.2 Å². The van der Waals surface area contributed by atoms with Gasteiger partial charge in [-0.25, -0.2) is 4.79 Å². The first-order valence-corrected chi connectivity index (χ1v) is 13.6. The van der Waals surface area contributed by atoms with Crippen LogP contribution in [0.4, 0.5) is 0 Å². The van der Waals surface area contributed by atoms with Gasteiger partial charge in [0.05, 0.1) is 18.4 Å². The number of benzene rings is 1. The monoisotopic (exact) mass is 504 g/mol. The molecular weight excluding hydrogens is 476 g/mol. The smallest absolute Gasteiger partial charge is 0.332 e. The fraction of sp³-hybridized carbons (Fsp3) is 0.346. The van der Waals surface area contributed by atoms with Gasteiger partial charge >= 0.3 is 5.69 Å². The van der Waals surface area contributed by atoms with Crippen LogP contribution in [0.25, 0.3) is 33.3 Å². The summed E-state index contributed by atoms with van der Waals surface area (Å²) in [5.74, 6) is 0.428. The van der Waals surface area contributed by atoms with Crippen molar-refractivity contribution in [1.29, 1.82) is 0 Å². The molecule has 0 bridgehead atoms. The van der Waals surface area contributed by atoms with E-state index in [0.29, 0.717) is 40.6 Å². The number of aromatic nitrogens is 6. The molecule has 9 nitrogen and oxygen atoms in total. The number of rotatable bonds is 6. The van der Waals surface area contributed by atoms with Gasteiger partial charge in [0, 0.05) is 43.8 Å². The largest absolute Gasteiger partial charge is 0.612 e. The zero-order valence-corrected chi connectivity index (χ0v) is 21.6. The first kappa shape index (κ1) is 22.9. The molecule has 0 spiro atoms. The van der Waals surface area contributed by atoms with Crippen molar-refractivity contribution in [2.75, 3.05) is 6.26 Å². The number of hydrogen-bond acceptors (Lipinski definition) is 4. The predicted octanol–water partition coefficient (Wildman–Crippen LogP) is 2.89. The van der Waals surface area contributed by atoms with E-state index < -0.39 is 11.2 Å². The number of H-pyrrole nitrogens is 1. The first-order valence-electron chi connectivity index (χ1n) is 12.0. The van der Waals surface area contributed by atoms with Gasteiger partial charge in [0.2, 0.25) is 0 Å². The van der Waals surface area contributed by atoms with Gasteiger partial charge in [-0.05, 0) is 54.6 Å². The SMILES string of the molecule is Cc1ccc2[nH]cc(Cn3nc4c(c3-c3cc([S+](C)[O-])cn3C)c(=O)n(C)c(=O)n4CC3CC3)c2c1. The van der Waals surface area contributed by atoms with E-state index in [1.54, 1.807) is 10.8 Å². The zero-order chi connectivity index (χ0) is 25.3. The molecule has 6 rings (SSSR count). The van der Waals surface area contributed by atoms with Crippen molar-refractivity contribution in [3.8, 4) is 11.4 Å². The minimum atomic E-state index is -1.18. The molecule has 1 N–H and O–H groups in total. The predicted molar refractivity (Wildman–Crippen MR) is 141 cm³/mol. The van der Waals surface area contributed by atoms with Crippen LogP contribution in [0.5, 0.6) is 0 Å². The van der Waals surface area contributed by atoms with E-state index in [1.807, 2.05) is 34.8 Å². The summed E-state index contributed by atoms with van der Waals surface area (Å²) in [4.78, 5) is 30.7. The number of nitrogens with zero attached hydrogens (tertiary/aromatic N) is 5. The molecule has 4 aromatic heterocycles. The first-order chi connectivity index (χ1) is 17.2. The highest BCUT2D eigenvalue weighted by molar-refractivity contribution is 7.90. The topological polar surface area (TPSA) is 106 Å². The van der Waals surface area contributed by atoms with Crippen molar-refractivity contribution in [3.05, 3.63) is 68.6 Å². The summed E-state index contributed by atoms with van der Waals surface area (Å²) in [6.07, 6.45) is 7.56. The maximum Gasteiger partial charge on any atom is 0.332 e. The molecule has 1 fully saturated rings. The lowest BCUT2D eigenvalue weighted by molar-refractivity contribution is 0.572. The number of nitrogens with one attached hydrogen (secondary N) is 1. The summed E-state index contributed by atoms with van der Waals surface area (Å²) in [5.41, 5.74) is 4.24. The van der Waals surface area contributed by atoms with Crippen LogP contribution in [0, 0.1) is 12.8 Å². The minimum absolute atomic E-state index is 0.347. The van der Waals surface area contributed by atoms with Crippen LogP contribution in [0.3, 0.4) is 0 Å². The molecule has 10 heteroatoms. The van der Waals surface area contributed by atoms with Gasteiger partial charge in [0.1, 0.15) is 17.3 Å². The molecule has 1 aliphatic rings. The van der Waals surface area contributed by atoms with Crippen molar-refractivity contribution in [2.45, 2.75) is 37.8 Å². The van der Waals surface area contributed by atoms with Gasteiger partial charge in [-0.2, -0.15) is 5.10 Å². The summed E-state index contributed by atoms with van der Waals surface area (Å²) < 4.78 is 18.8. The summed E-state index contributed by atoms with van der Waals surface area (Å²) in [6.45, 7) is 3.01. The summed E-state index contributed by atoms with van der Waals surface area (Å²) in [6, 6.07) is 8.09. The Bertz CT molecular complexity index is 1760. The van der Waals surface area contributed by atoms with Crippen molar-refractivity contribution in [1.82, 2.24) is 28.5 Å². The van der Waals surface area contributed by atoms with Crippen molar-refractivity contribution < 1.29 is 4.55 Å². The van der Waals surface area contributed by atoms with Crippen LogP contribution in [-0.2, 0) is 38.4 Å². The fourth-order valence-electron chi connectivity index (χ4n) is 4.97. The second-order valence-electron chi connectivity index (χ2n) is 9.89. The van der Waals surface area contributed by atoms with Gasteiger partial charge in [0.25, 0.3) is 5.56 Å². The normalized spacial score (nSPS) is 14.8. The molecule has 0 aliphatic heterocycles. The molecule has 1 saturated carbocycles. The molecule has 0 radical (unpaired) electrons. The Morgan fingerprint density at radius 1 is 1.19 bits per heavy atom. The molecule has 186 valence electrons. The summed E-state index contributed by atoms with van der Waals surface area (Å²) >= 11 is -1.18. The molecule has 1 unspecified atom stereocenters. The molecule has 0 amide bonds. The van der Waals surface area contributed by atoms with Crippen LogP contribution in [0.15, 0.2) is 51.1 Å². The maximum absolute atomic E-state index is 13.5. The van der Waals surface area contributed by atoms with Gasteiger partial charge in [0.15, 0.2) is 10.5 Å². The van der Waals surface area contributed by atoms with E-state index in [1.165, 1.54) is 11.6 Å². The molecule has 0 saturated heterocycles. The Balaban J connectivity index is 1.65. The van der Waals surface area contributed by atoms with Crippen LogP contribution < -0.4 is 11.2 Å². The lowest BCUT2D eigenvalue weighted by atomic mass is 10.1. The minimum Gasteiger partial charge on any atom is -0.612 e. The quantitative estimate of drug-likeness (QED) is 0.359. The lowest BCUT2D eigenvalue weighted by Gasteiger charge is -2.09. The highest BCUT2D eigenvalue weighted by atomic mass is 32.2. The number of aryl methyl sites for hydroxylation is 2. The van der Waals surface area contributed by atoms with Gasteiger partial charge in [-0.15, -0.1) is 0 Å². The van der Waals surface area contributed by atoms with Crippen LogP contribution in [0.1, 0.15) is 24.0 Å². The van der Waals surface area contributed by atoms with E-state index in [9.17, 15) is 14.1 Å². The van der Waals surface area contributed by atoms with Crippen molar-refractivity contribution >= 4 is 33.1 Å². The van der Waals surface area contributed by atoms with Crippen LogP contribution in [0.2, 0.25) is 0 Å². The molecule has 5 aromatic rings. The van der Waals surface area contributed by atoms with E-state index in [0.717, 1.165) is 40.6 Å². The Kier molecular flexibility index (Phi) is 5.27. The average molecular weight is 505 g/mol. The number of fused-ring (bicyclic) bond motifs is 2. The highest BCUT2D eigenvalue weighted by Crippen LogP contribution is 2.33. The van der Waals surface area contributed by atoms with Gasteiger partial charge in [-0.1, -0.05) is 11.6 Å². The van der Waals surface area contributed by atoms with E-state index in [2.05, 4.69) is 30.1 Å².